The Labute approximate surface area is 126 Å². The molecule has 0 bridgehead atoms. The Hall–Kier alpha value is -1.11. The SMILES string of the molecule is CCCc1cc(=O)[nH]c(SC(c2cccs2)C(C)N)n1. The Kier molecular flexibility index (Phi) is 5.39. The van der Waals surface area contributed by atoms with Crippen molar-refractivity contribution in [1.29, 1.82) is 0 Å². The standard InChI is InChI=1S/C14H19N3OS2/c1-3-5-10-8-12(18)17-14(16-10)20-13(9(2)15)11-6-4-7-19-11/h4,6-9,13H,3,5,15H2,1-2H3,(H,16,17,18). The van der Waals surface area contributed by atoms with Gasteiger partial charge in [-0.3, -0.25) is 4.79 Å². The number of nitrogens with zero attached hydrogens (tertiary/aromatic N) is 1. The maximum absolute atomic E-state index is 11.7. The van der Waals surface area contributed by atoms with Gasteiger partial charge in [-0.2, -0.15) is 0 Å². The molecule has 0 aliphatic heterocycles. The van der Waals surface area contributed by atoms with Crippen LogP contribution in [0, 0.1) is 0 Å². The monoisotopic (exact) mass is 309 g/mol. The maximum Gasteiger partial charge on any atom is 0.251 e. The van der Waals surface area contributed by atoms with Crippen molar-refractivity contribution >= 4 is 23.1 Å². The first-order valence-electron chi connectivity index (χ1n) is 6.66. The third-order valence-corrected chi connectivity index (χ3v) is 5.28. The molecule has 0 aliphatic carbocycles. The van der Waals surface area contributed by atoms with Crippen LogP contribution in [0.3, 0.4) is 0 Å². The lowest BCUT2D eigenvalue weighted by Crippen LogP contribution is -2.22. The lowest BCUT2D eigenvalue weighted by molar-refractivity contribution is 0.723. The molecule has 4 nitrogen and oxygen atoms in total. The Morgan fingerprint density at radius 1 is 1.55 bits per heavy atom. The second-order valence-electron chi connectivity index (χ2n) is 4.70. The van der Waals surface area contributed by atoms with Crippen molar-refractivity contribution in [3.05, 3.63) is 44.5 Å². The summed E-state index contributed by atoms with van der Waals surface area (Å²) in [4.78, 5) is 20.2. The number of H-pyrrole nitrogens is 1. The van der Waals surface area contributed by atoms with Gasteiger partial charge >= 0.3 is 0 Å². The van der Waals surface area contributed by atoms with Crippen LogP contribution in [0.1, 0.15) is 36.1 Å². The van der Waals surface area contributed by atoms with Gasteiger partial charge in [-0.05, 0) is 24.8 Å². The maximum atomic E-state index is 11.7. The van der Waals surface area contributed by atoms with Crippen LogP contribution in [0.5, 0.6) is 0 Å². The minimum absolute atomic E-state index is 0.0150. The first-order valence-corrected chi connectivity index (χ1v) is 8.42. The van der Waals surface area contributed by atoms with Gasteiger partial charge in [0.05, 0.1) is 5.25 Å². The van der Waals surface area contributed by atoms with Crippen LogP contribution < -0.4 is 11.3 Å². The van der Waals surface area contributed by atoms with Crippen LogP contribution in [0.4, 0.5) is 0 Å². The Morgan fingerprint density at radius 3 is 2.95 bits per heavy atom. The normalized spacial score (nSPS) is 14.2. The molecule has 0 saturated heterocycles. The van der Waals surface area contributed by atoms with Crippen molar-refractivity contribution in [1.82, 2.24) is 9.97 Å². The molecule has 0 aliphatic rings. The van der Waals surface area contributed by atoms with Gasteiger partial charge in [0.25, 0.3) is 5.56 Å². The molecule has 20 heavy (non-hydrogen) atoms. The van der Waals surface area contributed by atoms with Gasteiger partial charge < -0.3 is 10.7 Å². The van der Waals surface area contributed by atoms with Crippen molar-refractivity contribution in [2.45, 2.75) is 43.1 Å². The number of nitrogens with two attached hydrogens (primary N) is 1. The van der Waals surface area contributed by atoms with E-state index in [9.17, 15) is 4.79 Å². The summed E-state index contributed by atoms with van der Waals surface area (Å²) >= 11 is 3.20. The number of aryl methyl sites for hydroxylation is 1. The average Bonchev–Trinajstić information content (AvgIpc) is 2.89. The molecule has 2 aromatic rings. The number of aromatic amines is 1. The summed E-state index contributed by atoms with van der Waals surface area (Å²) in [6.45, 7) is 4.05. The molecule has 0 amide bonds. The highest BCUT2D eigenvalue weighted by Crippen LogP contribution is 2.37. The van der Waals surface area contributed by atoms with E-state index in [1.165, 1.54) is 16.6 Å². The molecule has 108 valence electrons. The molecule has 2 aromatic heterocycles. The van der Waals surface area contributed by atoms with Gasteiger partial charge in [0.2, 0.25) is 0 Å². The first kappa shape index (κ1) is 15.3. The number of hydrogen-bond acceptors (Lipinski definition) is 5. The number of rotatable bonds is 6. The third kappa shape index (κ3) is 3.94. The largest absolute Gasteiger partial charge is 0.327 e. The molecule has 2 unspecified atom stereocenters. The van der Waals surface area contributed by atoms with E-state index < -0.39 is 0 Å². The van der Waals surface area contributed by atoms with Crippen LogP contribution in [0.15, 0.2) is 33.5 Å². The highest BCUT2D eigenvalue weighted by Gasteiger charge is 2.20. The van der Waals surface area contributed by atoms with E-state index in [-0.39, 0.29) is 16.9 Å². The fourth-order valence-electron chi connectivity index (χ4n) is 1.92. The van der Waals surface area contributed by atoms with Crippen molar-refractivity contribution in [3.63, 3.8) is 0 Å². The highest BCUT2D eigenvalue weighted by molar-refractivity contribution is 7.99. The summed E-state index contributed by atoms with van der Waals surface area (Å²) in [5.41, 5.74) is 6.82. The zero-order valence-electron chi connectivity index (χ0n) is 11.6. The molecule has 0 radical (unpaired) electrons. The average molecular weight is 309 g/mol. The lowest BCUT2D eigenvalue weighted by atomic mass is 10.2. The molecule has 2 heterocycles. The molecule has 0 saturated carbocycles. The van der Waals surface area contributed by atoms with Gasteiger partial charge in [0, 0.05) is 22.7 Å². The van der Waals surface area contributed by atoms with Gasteiger partial charge in [-0.15, -0.1) is 11.3 Å². The van der Waals surface area contributed by atoms with Crippen molar-refractivity contribution in [3.8, 4) is 0 Å². The zero-order chi connectivity index (χ0) is 14.5. The Bertz CT molecular complexity index is 593. The highest BCUT2D eigenvalue weighted by atomic mass is 32.2. The summed E-state index contributed by atoms with van der Waals surface area (Å²) < 4.78 is 0. The fourth-order valence-corrected chi connectivity index (χ4v) is 4.03. The van der Waals surface area contributed by atoms with E-state index in [4.69, 9.17) is 5.73 Å². The minimum Gasteiger partial charge on any atom is -0.327 e. The summed E-state index contributed by atoms with van der Waals surface area (Å²) in [7, 11) is 0. The fraction of sp³-hybridized carbons (Fsp3) is 0.429. The summed E-state index contributed by atoms with van der Waals surface area (Å²) in [6.07, 6.45) is 1.79. The van der Waals surface area contributed by atoms with Gasteiger partial charge in [-0.1, -0.05) is 31.2 Å². The molecule has 3 N–H and O–H groups in total. The topological polar surface area (TPSA) is 71.8 Å². The van der Waals surface area contributed by atoms with Crippen LogP contribution >= 0.6 is 23.1 Å². The number of thiophene rings is 1. The van der Waals surface area contributed by atoms with E-state index in [2.05, 4.69) is 23.0 Å². The molecular weight excluding hydrogens is 290 g/mol. The third-order valence-electron chi connectivity index (χ3n) is 2.82. The lowest BCUT2D eigenvalue weighted by Gasteiger charge is -2.18. The smallest absolute Gasteiger partial charge is 0.251 e. The van der Waals surface area contributed by atoms with Gasteiger partial charge in [0.1, 0.15) is 0 Å². The second-order valence-corrected chi connectivity index (χ2v) is 6.81. The number of nitrogens with one attached hydrogen (secondary N) is 1. The van der Waals surface area contributed by atoms with E-state index in [1.807, 2.05) is 18.4 Å². The van der Waals surface area contributed by atoms with Crippen LogP contribution in [-0.4, -0.2) is 16.0 Å². The first-order chi connectivity index (χ1) is 9.60. The Balaban J connectivity index is 2.25. The summed E-state index contributed by atoms with van der Waals surface area (Å²) in [6, 6.07) is 5.64. The summed E-state index contributed by atoms with van der Waals surface area (Å²) in [5, 5.41) is 2.79. The summed E-state index contributed by atoms with van der Waals surface area (Å²) in [5.74, 6) is 0. The number of hydrogen-bond donors (Lipinski definition) is 2. The van der Waals surface area contributed by atoms with Gasteiger partial charge in [0.15, 0.2) is 5.16 Å². The molecule has 0 aromatic carbocycles. The van der Waals surface area contributed by atoms with Crippen molar-refractivity contribution in [2.75, 3.05) is 0 Å². The van der Waals surface area contributed by atoms with Crippen molar-refractivity contribution in [2.24, 2.45) is 5.73 Å². The molecular formula is C14H19N3OS2. The van der Waals surface area contributed by atoms with Crippen LogP contribution in [0.2, 0.25) is 0 Å². The Morgan fingerprint density at radius 2 is 2.35 bits per heavy atom. The van der Waals surface area contributed by atoms with Crippen LogP contribution in [-0.2, 0) is 6.42 Å². The number of aromatic nitrogens is 2. The van der Waals surface area contributed by atoms with E-state index >= 15 is 0 Å². The van der Waals surface area contributed by atoms with Crippen molar-refractivity contribution < 1.29 is 0 Å². The quantitative estimate of drug-likeness (QED) is 0.635. The van der Waals surface area contributed by atoms with Crippen LogP contribution in [0.25, 0.3) is 0 Å². The zero-order valence-corrected chi connectivity index (χ0v) is 13.3. The van der Waals surface area contributed by atoms with E-state index in [1.54, 1.807) is 17.4 Å². The van der Waals surface area contributed by atoms with Gasteiger partial charge in [-0.25, -0.2) is 4.98 Å². The molecule has 2 atom stereocenters. The predicted molar refractivity (Wildman–Crippen MR) is 85.4 cm³/mol. The van der Waals surface area contributed by atoms with E-state index in [0.717, 1.165) is 18.5 Å². The minimum atomic E-state index is -0.0967. The number of thioether (sulfide) groups is 1. The predicted octanol–water partition coefficient (Wildman–Crippen LogP) is 2.96. The molecule has 2 rings (SSSR count). The van der Waals surface area contributed by atoms with E-state index in [0.29, 0.717) is 5.16 Å². The second kappa shape index (κ2) is 7.06. The molecule has 6 heteroatoms. The molecule has 0 spiro atoms. The molecule has 0 fully saturated rings.